The molecule has 1 saturated heterocycles. The Morgan fingerprint density at radius 2 is 1.86 bits per heavy atom. The monoisotopic (exact) mass is 323 g/mol. The highest BCUT2D eigenvalue weighted by molar-refractivity contribution is 5.78. The zero-order valence-corrected chi connectivity index (χ0v) is 13.6. The molecule has 0 saturated carbocycles. The molecule has 0 spiro atoms. The van der Waals surface area contributed by atoms with Crippen molar-refractivity contribution in [1.82, 2.24) is 14.5 Å². The van der Waals surface area contributed by atoms with E-state index in [4.69, 9.17) is 5.11 Å². The quantitative estimate of drug-likeness (QED) is 0.711. The van der Waals surface area contributed by atoms with Gasteiger partial charge in [-0.15, -0.1) is 0 Å². The lowest BCUT2D eigenvalue weighted by Crippen LogP contribution is -3.00. The minimum absolute atomic E-state index is 0. The number of halogens is 1. The predicted molar refractivity (Wildman–Crippen MR) is 85.6 cm³/mol. The highest BCUT2D eigenvalue weighted by Crippen LogP contribution is 2.20. The van der Waals surface area contributed by atoms with Crippen molar-refractivity contribution in [2.24, 2.45) is 0 Å². The fraction of sp³-hybridized carbons (Fsp3) is 0.562. The van der Waals surface area contributed by atoms with Crippen molar-refractivity contribution in [3.8, 4) is 0 Å². The summed E-state index contributed by atoms with van der Waals surface area (Å²) in [4.78, 5) is 7.17. The van der Waals surface area contributed by atoms with Crippen LogP contribution >= 0.6 is 0 Å². The minimum atomic E-state index is 0. The Kier molecular flexibility index (Phi) is 6.49. The number of fused-ring (bicyclic) bond motifs is 1. The second-order valence-corrected chi connectivity index (χ2v) is 5.63. The Balaban J connectivity index is 0.00000176. The molecule has 0 unspecified atom stereocenters. The average molecular weight is 324 g/mol. The van der Waals surface area contributed by atoms with Gasteiger partial charge in [0.05, 0.1) is 17.6 Å². The van der Waals surface area contributed by atoms with Crippen LogP contribution in [0, 0.1) is 0 Å². The van der Waals surface area contributed by atoms with Crippen molar-refractivity contribution in [2.45, 2.75) is 25.8 Å². The van der Waals surface area contributed by atoms with E-state index in [0.29, 0.717) is 6.54 Å². The number of aromatic nitrogens is 2. The number of aliphatic hydroxyl groups is 1. The molecule has 1 aromatic carbocycles. The average Bonchev–Trinajstić information content (AvgIpc) is 2.89. The van der Waals surface area contributed by atoms with Gasteiger partial charge in [0.2, 0.25) is 5.95 Å². The molecule has 0 amide bonds. The van der Waals surface area contributed by atoms with Crippen LogP contribution in [0.1, 0.15) is 19.3 Å². The van der Waals surface area contributed by atoms with Gasteiger partial charge in [0.1, 0.15) is 0 Å². The van der Waals surface area contributed by atoms with Gasteiger partial charge in [0.25, 0.3) is 0 Å². The molecule has 0 atom stereocenters. The Morgan fingerprint density at radius 3 is 2.64 bits per heavy atom. The number of hydrogen-bond acceptors (Lipinski definition) is 4. The first-order chi connectivity index (χ1) is 10.4. The Labute approximate surface area is 137 Å². The topological polar surface area (TPSA) is 53.3 Å². The number of benzene rings is 1. The second kappa shape index (κ2) is 8.36. The highest BCUT2D eigenvalue weighted by atomic mass is 35.5. The highest BCUT2D eigenvalue weighted by Gasteiger charge is 2.13. The maximum Gasteiger partial charge on any atom is 0.204 e. The molecule has 2 N–H and O–H groups in total. The molecule has 2 aromatic rings. The molecule has 22 heavy (non-hydrogen) atoms. The van der Waals surface area contributed by atoms with Crippen LogP contribution < -0.4 is 17.7 Å². The molecular weight excluding hydrogens is 300 g/mol. The first kappa shape index (κ1) is 17.1. The van der Waals surface area contributed by atoms with Crippen LogP contribution in [0.5, 0.6) is 0 Å². The summed E-state index contributed by atoms with van der Waals surface area (Å²) in [5.41, 5.74) is 2.17. The molecule has 3 rings (SSSR count). The number of likely N-dealkylation sites (tertiary alicyclic amines) is 1. The first-order valence-electron chi connectivity index (χ1n) is 7.91. The minimum Gasteiger partial charge on any atom is -1.00 e. The lowest BCUT2D eigenvalue weighted by molar-refractivity contribution is -0.00000542. The van der Waals surface area contributed by atoms with E-state index in [1.807, 2.05) is 12.1 Å². The molecule has 0 radical (unpaired) electrons. The number of imidazole rings is 1. The van der Waals surface area contributed by atoms with E-state index in [2.05, 4.69) is 31.9 Å². The van der Waals surface area contributed by atoms with Crippen molar-refractivity contribution < 1.29 is 17.5 Å². The zero-order valence-electron chi connectivity index (χ0n) is 12.8. The Hall–Kier alpha value is -1.30. The van der Waals surface area contributed by atoms with Crippen LogP contribution in [-0.2, 0) is 6.54 Å². The molecule has 122 valence electrons. The van der Waals surface area contributed by atoms with Crippen molar-refractivity contribution in [3.63, 3.8) is 0 Å². The number of hydrogen-bond donors (Lipinski definition) is 2. The third-order valence-electron chi connectivity index (χ3n) is 4.14. The Morgan fingerprint density at radius 1 is 1.09 bits per heavy atom. The number of para-hydroxylation sites is 2. The lowest BCUT2D eigenvalue weighted by Gasteiger charge is -2.26. The van der Waals surface area contributed by atoms with Gasteiger partial charge in [-0.2, -0.15) is 0 Å². The van der Waals surface area contributed by atoms with Gasteiger partial charge in [-0.05, 0) is 38.1 Å². The van der Waals surface area contributed by atoms with Crippen molar-refractivity contribution in [1.29, 1.82) is 0 Å². The van der Waals surface area contributed by atoms with Crippen molar-refractivity contribution >= 4 is 17.0 Å². The smallest absolute Gasteiger partial charge is 0.204 e. The van der Waals surface area contributed by atoms with Gasteiger partial charge in [0, 0.05) is 19.6 Å². The van der Waals surface area contributed by atoms with Crippen molar-refractivity contribution in [3.05, 3.63) is 24.3 Å². The molecule has 1 aliphatic rings. The van der Waals surface area contributed by atoms with E-state index in [1.165, 1.54) is 32.4 Å². The first-order valence-corrected chi connectivity index (χ1v) is 7.91. The van der Waals surface area contributed by atoms with Crippen LogP contribution in [0.15, 0.2) is 24.3 Å². The van der Waals surface area contributed by atoms with E-state index < -0.39 is 0 Å². The van der Waals surface area contributed by atoms with Gasteiger partial charge in [-0.3, -0.25) is 0 Å². The molecule has 1 aromatic heterocycles. The number of anilines is 1. The van der Waals surface area contributed by atoms with Crippen LogP contribution in [0.4, 0.5) is 5.95 Å². The maximum absolute atomic E-state index is 9.02. The zero-order chi connectivity index (χ0) is 14.5. The van der Waals surface area contributed by atoms with E-state index >= 15 is 0 Å². The molecule has 0 aliphatic carbocycles. The maximum atomic E-state index is 9.02. The van der Waals surface area contributed by atoms with Gasteiger partial charge in [-0.1, -0.05) is 18.6 Å². The number of nitrogens with one attached hydrogen (secondary N) is 1. The predicted octanol–water partition coefficient (Wildman–Crippen LogP) is -1.07. The van der Waals surface area contributed by atoms with Crippen LogP contribution in [-0.4, -0.2) is 52.3 Å². The summed E-state index contributed by atoms with van der Waals surface area (Å²) in [6.07, 6.45) is 4.01. The molecule has 6 heteroatoms. The molecule has 2 heterocycles. The summed E-state index contributed by atoms with van der Waals surface area (Å²) in [5, 5.41) is 12.2. The molecule has 1 aliphatic heterocycles. The molecule has 1 fully saturated rings. The van der Waals surface area contributed by atoms with Crippen LogP contribution in [0.3, 0.4) is 0 Å². The number of rotatable bonds is 6. The summed E-state index contributed by atoms with van der Waals surface area (Å²) in [7, 11) is 0. The van der Waals surface area contributed by atoms with E-state index in [-0.39, 0.29) is 19.0 Å². The van der Waals surface area contributed by atoms with Crippen molar-refractivity contribution in [2.75, 3.05) is 38.1 Å². The molecule has 5 nitrogen and oxygen atoms in total. The summed E-state index contributed by atoms with van der Waals surface area (Å²) in [6.45, 7) is 5.09. The van der Waals surface area contributed by atoms with Crippen LogP contribution in [0.25, 0.3) is 11.0 Å². The molecular formula is C16H24ClN4O-. The SMILES string of the molecule is OCCNc1nc2ccccc2n1CCN1CCCCC1.[Cl-]. The normalized spacial score (nSPS) is 15.7. The fourth-order valence-electron chi connectivity index (χ4n) is 3.03. The third kappa shape index (κ3) is 3.91. The van der Waals surface area contributed by atoms with Crippen LogP contribution in [0.2, 0.25) is 0 Å². The lowest BCUT2D eigenvalue weighted by atomic mass is 10.1. The van der Waals surface area contributed by atoms with E-state index in [1.54, 1.807) is 0 Å². The fourth-order valence-corrected chi connectivity index (χ4v) is 3.03. The Bertz CT molecular complexity index is 581. The summed E-state index contributed by atoms with van der Waals surface area (Å²) in [6, 6.07) is 8.22. The summed E-state index contributed by atoms with van der Waals surface area (Å²) < 4.78 is 2.24. The second-order valence-electron chi connectivity index (χ2n) is 5.63. The number of nitrogens with zero attached hydrogens (tertiary/aromatic N) is 3. The summed E-state index contributed by atoms with van der Waals surface area (Å²) in [5.74, 6) is 0.863. The standard InChI is InChI=1S/C16H24N4O.ClH/c21-13-8-17-16-18-14-6-2-3-7-15(14)20(16)12-11-19-9-4-1-5-10-19;/h2-3,6-7,21H,1,4-5,8-13H2,(H,17,18);1H/p-1. The van der Waals surface area contributed by atoms with Gasteiger partial charge in [-0.25, -0.2) is 4.98 Å². The number of aliphatic hydroxyl groups excluding tert-OH is 1. The number of piperidine rings is 1. The largest absolute Gasteiger partial charge is 1.00 e. The van der Waals surface area contributed by atoms with E-state index in [0.717, 1.165) is 30.1 Å². The third-order valence-corrected chi connectivity index (χ3v) is 4.14. The summed E-state index contributed by atoms with van der Waals surface area (Å²) >= 11 is 0. The van der Waals surface area contributed by atoms with E-state index in [9.17, 15) is 0 Å². The van der Waals surface area contributed by atoms with Gasteiger partial charge >= 0.3 is 0 Å². The van der Waals surface area contributed by atoms with Gasteiger partial charge in [0.15, 0.2) is 0 Å². The molecule has 0 bridgehead atoms. The van der Waals surface area contributed by atoms with Gasteiger partial charge < -0.3 is 32.3 Å².